The molecule has 1 aromatic carbocycles. The number of likely N-dealkylation sites (tertiary alicyclic amines) is 1. The number of hydrogen-bond acceptors (Lipinski definition) is 3. The molecule has 1 heterocycles. The lowest BCUT2D eigenvalue weighted by Crippen LogP contribution is -2.40. The highest BCUT2D eigenvalue weighted by Gasteiger charge is 2.21. The van der Waals surface area contributed by atoms with E-state index in [1.807, 2.05) is 6.92 Å². The molecule has 2 amide bonds. The number of rotatable bonds is 7. The molecule has 1 atom stereocenters. The van der Waals surface area contributed by atoms with Crippen LogP contribution in [0.4, 0.5) is 0 Å². The van der Waals surface area contributed by atoms with E-state index in [4.69, 9.17) is 5.11 Å². The van der Waals surface area contributed by atoms with Crippen LogP contribution in [0, 0.1) is 0 Å². The number of benzene rings is 1. The maximum absolute atomic E-state index is 12.1. The zero-order valence-electron chi connectivity index (χ0n) is 13.2. The molecule has 1 unspecified atom stereocenters. The van der Waals surface area contributed by atoms with Crippen molar-refractivity contribution in [2.45, 2.75) is 45.2 Å². The summed E-state index contributed by atoms with van der Waals surface area (Å²) in [5.41, 5.74) is 1.38. The van der Waals surface area contributed by atoms with Crippen molar-refractivity contribution in [1.29, 1.82) is 0 Å². The van der Waals surface area contributed by atoms with Gasteiger partial charge in [0.05, 0.1) is 0 Å². The molecular weight excluding hydrogens is 296 g/mol. The van der Waals surface area contributed by atoms with Gasteiger partial charge < -0.3 is 15.3 Å². The minimum absolute atomic E-state index is 0.163. The lowest BCUT2D eigenvalue weighted by atomic mass is 10.1. The van der Waals surface area contributed by atoms with Crippen molar-refractivity contribution in [3.8, 4) is 0 Å². The molecule has 23 heavy (non-hydrogen) atoms. The van der Waals surface area contributed by atoms with Crippen LogP contribution in [-0.4, -0.2) is 40.4 Å². The monoisotopic (exact) mass is 318 g/mol. The van der Waals surface area contributed by atoms with Crippen LogP contribution in [0.3, 0.4) is 0 Å². The molecule has 2 rings (SSSR count). The van der Waals surface area contributed by atoms with Gasteiger partial charge in [-0.05, 0) is 30.5 Å². The summed E-state index contributed by atoms with van der Waals surface area (Å²) in [6.45, 7) is 3.20. The predicted octanol–water partition coefficient (Wildman–Crippen LogP) is 1.79. The van der Waals surface area contributed by atoms with Gasteiger partial charge in [-0.15, -0.1) is 0 Å². The van der Waals surface area contributed by atoms with Crippen LogP contribution < -0.4 is 5.32 Å². The van der Waals surface area contributed by atoms with E-state index >= 15 is 0 Å². The van der Waals surface area contributed by atoms with Crippen LogP contribution in [0.5, 0.6) is 0 Å². The second kappa shape index (κ2) is 7.76. The molecule has 0 spiro atoms. The van der Waals surface area contributed by atoms with Gasteiger partial charge >= 0.3 is 5.97 Å². The number of amides is 2. The van der Waals surface area contributed by atoms with Gasteiger partial charge in [0.15, 0.2) is 0 Å². The Bertz CT molecular complexity index is 583. The number of carbonyl (C=O) groups excluding carboxylic acids is 2. The first-order chi connectivity index (χ1) is 11.0. The van der Waals surface area contributed by atoms with Gasteiger partial charge in [-0.3, -0.25) is 9.59 Å². The minimum atomic E-state index is -1.02. The average Bonchev–Trinajstić information content (AvgIpc) is 2.92. The van der Waals surface area contributed by atoms with Crippen molar-refractivity contribution >= 4 is 17.8 Å². The SMILES string of the molecule is CCCC(NC(=O)c1ccc(CN2CCCC2=O)cc1)C(=O)O. The summed E-state index contributed by atoms with van der Waals surface area (Å²) in [6.07, 6.45) is 2.58. The normalized spacial score (nSPS) is 15.5. The number of nitrogens with zero attached hydrogens (tertiary/aromatic N) is 1. The Morgan fingerprint density at radius 1 is 1.30 bits per heavy atom. The third-order valence-corrected chi connectivity index (χ3v) is 3.94. The molecule has 1 aliphatic heterocycles. The van der Waals surface area contributed by atoms with Crippen LogP contribution in [-0.2, 0) is 16.1 Å². The molecule has 1 saturated heterocycles. The van der Waals surface area contributed by atoms with Crippen molar-refractivity contribution < 1.29 is 19.5 Å². The lowest BCUT2D eigenvalue weighted by Gasteiger charge is -2.16. The molecule has 0 aromatic heterocycles. The Labute approximate surface area is 135 Å². The maximum Gasteiger partial charge on any atom is 0.326 e. The first-order valence-electron chi connectivity index (χ1n) is 7.91. The van der Waals surface area contributed by atoms with Crippen LogP contribution >= 0.6 is 0 Å². The molecule has 6 heteroatoms. The van der Waals surface area contributed by atoms with Crippen LogP contribution in [0.1, 0.15) is 48.5 Å². The van der Waals surface area contributed by atoms with E-state index in [0.717, 1.165) is 18.5 Å². The lowest BCUT2D eigenvalue weighted by molar-refractivity contribution is -0.139. The fraction of sp³-hybridized carbons (Fsp3) is 0.471. The Hall–Kier alpha value is -2.37. The summed E-state index contributed by atoms with van der Waals surface area (Å²) < 4.78 is 0. The van der Waals surface area contributed by atoms with Crippen molar-refractivity contribution in [2.75, 3.05) is 6.54 Å². The van der Waals surface area contributed by atoms with E-state index in [-0.39, 0.29) is 5.91 Å². The van der Waals surface area contributed by atoms with Gasteiger partial charge in [-0.2, -0.15) is 0 Å². The highest BCUT2D eigenvalue weighted by atomic mass is 16.4. The molecule has 1 aromatic rings. The zero-order chi connectivity index (χ0) is 16.8. The van der Waals surface area contributed by atoms with Crippen LogP contribution in [0.2, 0.25) is 0 Å². The highest BCUT2D eigenvalue weighted by Crippen LogP contribution is 2.15. The third-order valence-electron chi connectivity index (χ3n) is 3.94. The van der Waals surface area contributed by atoms with Crippen molar-refractivity contribution in [3.63, 3.8) is 0 Å². The maximum atomic E-state index is 12.1. The van der Waals surface area contributed by atoms with Crippen LogP contribution in [0.25, 0.3) is 0 Å². The molecular formula is C17H22N2O4. The quantitative estimate of drug-likeness (QED) is 0.802. The predicted molar refractivity (Wildman–Crippen MR) is 84.9 cm³/mol. The van der Waals surface area contributed by atoms with Gasteiger partial charge in [0.25, 0.3) is 5.91 Å². The standard InChI is InChI=1S/C17H22N2O4/c1-2-4-14(17(22)23)18-16(21)13-8-6-12(7-9-13)11-19-10-3-5-15(19)20/h6-9,14H,2-5,10-11H2,1H3,(H,18,21)(H,22,23). The van der Waals surface area contributed by atoms with Crippen LogP contribution in [0.15, 0.2) is 24.3 Å². The fourth-order valence-corrected chi connectivity index (χ4v) is 2.64. The molecule has 0 saturated carbocycles. The van der Waals surface area contributed by atoms with Gasteiger partial charge in [-0.1, -0.05) is 25.5 Å². The molecule has 1 aliphatic rings. The van der Waals surface area contributed by atoms with E-state index < -0.39 is 17.9 Å². The summed E-state index contributed by atoms with van der Waals surface area (Å²) in [5, 5.41) is 11.6. The van der Waals surface area contributed by atoms with E-state index in [2.05, 4.69) is 5.32 Å². The van der Waals surface area contributed by atoms with Gasteiger partial charge in [0.2, 0.25) is 5.91 Å². The Morgan fingerprint density at radius 3 is 2.52 bits per heavy atom. The number of hydrogen-bond donors (Lipinski definition) is 2. The molecule has 2 N–H and O–H groups in total. The second-order valence-corrected chi connectivity index (χ2v) is 5.77. The van der Waals surface area contributed by atoms with E-state index in [9.17, 15) is 14.4 Å². The Balaban J connectivity index is 1.96. The van der Waals surface area contributed by atoms with E-state index in [1.165, 1.54) is 0 Å². The fourth-order valence-electron chi connectivity index (χ4n) is 2.64. The molecule has 1 fully saturated rings. The summed E-state index contributed by atoms with van der Waals surface area (Å²) >= 11 is 0. The number of aliphatic carboxylic acids is 1. The number of carbonyl (C=O) groups is 3. The van der Waals surface area contributed by atoms with Crippen molar-refractivity contribution in [2.24, 2.45) is 0 Å². The van der Waals surface area contributed by atoms with Gasteiger partial charge in [0.1, 0.15) is 6.04 Å². The number of carboxylic acids is 1. The average molecular weight is 318 g/mol. The summed E-state index contributed by atoms with van der Waals surface area (Å²) in [5.74, 6) is -1.25. The molecule has 0 aliphatic carbocycles. The summed E-state index contributed by atoms with van der Waals surface area (Å²) in [7, 11) is 0. The first kappa shape index (κ1) is 17.0. The topological polar surface area (TPSA) is 86.7 Å². The number of carboxylic acid groups (broad SMARTS) is 1. The molecule has 0 radical (unpaired) electrons. The molecule has 6 nitrogen and oxygen atoms in total. The molecule has 0 bridgehead atoms. The smallest absolute Gasteiger partial charge is 0.326 e. The summed E-state index contributed by atoms with van der Waals surface area (Å²) in [6, 6.07) is 6.06. The largest absolute Gasteiger partial charge is 0.480 e. The van der Waals surface area contributed by atoms with E-state index in [1.54, 1.807) is 29.2 Å². The Kier molecular flexibility index (Phi) is 5.73. The van der Waals surface area contributed by atoms with Gasteiger partial charge in [0, 0.05) is 25.1 Å². The summed E-state index contributed by atoms with van der Waals surface area (Å²) in [4.78, 5) is 36.6. The van der Waals surface area contributed by atoms with Crippen molar-refractivity contribution in [3.05, 3.63) is 35.4 Å². The van der Waals surface area contributed by atoms with Gasteiger partial charge in [-0.25, -0.2) is 4.79 Å². The Morgan fingerprint density at radius 2 is 2.00 bits per heavy atom. The minimum Gasteiger partial charge on any atom is -0.480 e. The first-order valence-corrected chi connectivity index (χ1v) is 7.91. The number of nitrogens with one attached hydrogen (secondary N) is 1. The van der Waals surface area contributed by atoms with E-state index in [0.29, 0.717) is 31.4 Å². The molecule has 124 valence electrons. The third kappa shape index (κ3) is 4.55. The zero-order valence-corrected chi connectivity index (χ0v) is 13.2. The second-order valence-electron chi connectivity index (χ2n) is 5.77. The van der Waals surface area contributed by atoms with Crippen molar-refractivity contribution in [1.82, 2.24) is 10.2 Å². The highest BCUT2D eigenvalue weighted by molar-refractivity contribution is 5.96.